The SMILES string of the molecule is COc1cc(/C=C2\SC(=S)N(Cc3ccc4c(c3)OCO4)C2=O)ccc1OCC(=O)Nc1cccc(Cl)c1C. The van der Waals surface area contributed by atoms with Crippen molar-refractivity contribution in [3.8, 4) is 23.0 Å². The third-order valence-corrected chi connectivity index (χ3v) is 7.82. The zero-order valence-electron chi connectivity index (χ0n) is 21.0. The minimum absolute atomic E-state index is 0.185. The van der Waals surface area contributed by atoms with E-state index < -0.39 is 0 Å². The first-order chi connectivity index (χ1) is 18.8. The molecular weight excluding hydrogens is 560 g/mol. The van der Waals surface area contributed by atoms with E-state index in [1.807, 2.05) is 25.1 Å². The molecule has 39 heavy (non-hydrogen) atoms. The topological polar surface area (TPSA) is 86.3 Å². The molecule has 0 atom stereocenters. The van der Waals surface area contributed by atoms with Crippen LogP contribution in [-0.2, 0) is 16.1 Å². The van der Waals surface area contributed by atoms with Crippen LogP contribution in [0.3, 0.4) is 0 Å². The number of thiocarbonyl (C=S) groups is 1. The molecule has 1 saturated heterocycles. The van der Waals surface area contributed by atoms with Crippen LogP contribution in [0, 0.1) is 6.92 Å². The van der Waals surface area contributed by atoms with Crippen LogP contribution in [0.5, 0.6) is 23.0 Å². The van der Waals surface area contributed by atoms with Gasteiger partial charge in [0.25, 0.3) is 11.8 Å². The summed E-state index contributed by atoms with van der Waals surface area (Å²) in [5.74, 6) is 1.63. The third-order valence-electron chi connectivity index (χ3n) is 6.04. The Morgan fingerprint density at radius 1 is 1.15 bits per heavy atom. The number of hydrogen-bond donors (Lipinski definition) is 1. The van der Waals surface area contributed by atoms with E-state index >= 15 is 0 Å². The Morgan fingerprint density at radius 2 is 1.97 bits per heavy atom. The number of anilines is 1. The number of hydrogen-bond acceptors (Lipinski definition) is 8. The first-order valence-electron chi connectivity index (χ1n) is 11.8. The summed E-state index contributed by atoms with van der Waals surface area (Å²) < 4.78 is 22.4. The molecule has 0 spiro atoms. The van der Waals surface area contributed by atoms with Gasteiger partial charge in [-0.1, -0.05) is 53.8 Å². The van der Waals surface area contributed by atoms with Crippen LogP contribution in [-0.4, -0.2) is 41.5 Å². The van der Waals surface area contributed by atoms with Crippen molar-refractivity contribution in [3.63, 3.8) is 0 Å². The van der Waals surface area contributed by atoms with Gasteiger partial charge in [-0.05, 0) is 66.1 Å². The second-order valence-corrected chi connectivity index (χ2v) is 10.7. The Balaban J connectivity index is 1.24. The molecule has 3 aromatic rings. The second kappa shape index (κ2) is 11.6. The van der Waals surface area contributed by atoms with E-state index in [1.54, 1.807) is 47.4 Å². The summed E-state index contributed by atoms with van der Waals surface area (Å²) in [5.41, 5.74) is 3.00. The Labute approximate surface area is 239 Å². The number of halogens is 1. The Morgan fingerprint density at radius 3 is 2.79 bits per heavy atom. The molecule has 200 valence electrons. The molecule has 0 unspecified atom stereocenters. The maximum absolute atomic E-state index is 13.1. The van der Waals surface area contributed by atoms with E-state index in [4.69, 9.17) is 42.8 Å². The van der Waals surface area contributed by atoms with Crippen LogP contribution in [0.4, 0.5) is 5.69 Å². The predicted molar refractivity (Wildman–Crippen MR) is 155 cm³/mol. The monoisotopic (exact) mass is 582 g/mol. The molecular formula is C28H23ClN2O6S2. The Hall–Kier alpha value is -3.73. The minimum atomic E-state index is -0.336. The van der Waals surface area contributed by atoms with Gasteiger partial charge < -0.3 is 24.3 Å². The van der Waals surface area contributed by atoms with E-state index in [2.05, 4.69) is 5.32 Å². The fourth-order valence-corrected chi connectivity index (χ4v) is 5.40. The summed E-state index contributed by atoms with van der Waals surface area (Å²) in [5, 5.41) is 3.36. The first-order valence-corrected chi connectivity index (χ1v) is 13.4. The van der Waals surface area contributed by atoms with Crippen LogP contribution < -0.4 is 24.3 Å². The Kier molecular flexibility index (Phi) is 7.97. The number of nitrogens with zero attached hydrogens (tertiary/aromatic N) is 1. The van der Waals surface area contributed by atoms with Gasteiger partial charge in [0, 0.05) is 10.7 Å². The maximum Gasteiger partial charge on any atom is 0.266 e. The van der Waals surface area contributed by atoms with Crippen LogP contribution in [0.1, 0.15) is 16.7 Å². The Bertz CT molecular complexity index is 1510. The van der Waals surface area contributed by atoms with Crippen LogP contribution in [0.15, 0.2) is 59.5 Å². The summed E-state index contributed by atoms with van der Waals surface area (Å²) in [6, 6.07) is 16.1. The number of thioether (sulfide) groups is 1. The number of carbonyl (C=O) groups excluding carboxylic acids is 2. The number of ether oxygens (including phenoxy) is 4. The highest BCUT2D eigenvalue weighted by Crippen LogP contribution is 2.37. The van der Waals surface area contributed by atoms with Crippen LogP contribution in [0.2, 0.25) is 5.02 Å². The van der Waals surface area contributed by atoms with Crippen molar-refractivity contribution >= 4 is 63.5 Å². The van der Waals surface area contributed by atoms with Gasteiger partial charge in [0.15, 0.2) is 29.6 Å². The number of nitrogens with one attached hydrogen (secondary N) is 1. The number of methoxy groups -OCH3 is 1. The predicted octanol–water partition coefficient (Wildman–Crippen LogP) is 5.80. The standard InChI is InChI=1S/C28H23ClN2O6S2/c1-16-19(29)4-3-5-20(16)30-26(32)14-35-21-8-6-17(10-23(21)34-2)12-25-27(33)31(28(38)39-25)13-18-7-9-22-24(11-18)37-15-36-22/h3-12H,13-15H2,1-2H3,(H,30,32)/b25-12-. The molecule has 5 rings (SSSR count). The number of rotatable bonds is 8. The number of benzene rings is 3. The van der Waals surface area contributed by atoms with E-state index in [0.29, 0.717) is 49.5 Å². The van der Waals surface area contributed by atoms with Gasteiger partial charge >= 0.3 is 0 Å². The molecule has 0 saturated carbocycles. The van der Waals surface area contributed by atoms with E-state index in [1.165, 1.54) is 18.9 Å². The lowest BCUT2D eigenvalue weighted by molar-refractivity contribution is -0.122. The molecule has 1 fully saturated rings. The highest BCUT2D eigenvalue weighted by Gasteiger charge is 2.32. The molecule has 1 N–H and O–H groups in total. The van der Waals surface area contributed by atoms with Crippen molar-refractivity contribution in [2.24, 2.45) is 0 Å². The lowest BCUT2D eigenvalue weighted by atomic mass is 10.1. The summed E-state index contributed by atoms with van der Waals surface area (Å²) in [7, 11) is 1.51. The number of carbonyl (C=O) groups is 2. The van der Waals surface area contributed by atoms with Crippen LogP contribution in [0.25, 0.3) is 6.08 Å². The van der Waals surface area contributed by atoms with Crippen molar-refractivity contribution in [3.05, 3.63) is 81.2 Å². The van der Waals surface area contributed by atoms with Crippen molar-refractivity contribution in [2.75, 3.05) is 25.8 Å². The van der Waals surface area contributed by atoms with E-state index in [-0.39, 0.29) is 25.2 Å². The highest BCUT2D eigenvalue weighted by atomic mass is 35.5. The summed E-state index contributed by atoms with van der Waals surface area (Å²) in [6.07, 6.45) is 1.75. The van der Waals surface area contributed by atoms with Crippen molar-refractivity contribution in [1.29, 1.82) is 0 Å². The lowest BCUT2D eigenvalue weighted by Gasteiger charge is -2.14. The summed E-state index contributed by atoms with van der Waals surface area (Å²) in [6.45, 7) is 2.11. The zero-order valence-corrected chi connectivity index (χ0v) is 23.4. The van der Waals surface area contributed by atoms with E-state index in [0.717, 1.165) is 16.7 Å². The lowest BCUT2D eigenvalue weighted by Crippen LogP contribution is -2.27. The van der Waals surface area contributed by atoms with Crippen LogP contribution >= 0.6 is 35.6 Å². The number of amides is 2. The van der Waals surface area contributed by atoms with Gasteiger partial charge in [0.05, 0.1) is 18.6 Å². The van der Waals surface area contributed by atoms with Gasteiger partial charge in [0.2, 0.25) is 6.79 Å². The molecule has 0 bridgehead atoms. The van der Waals surface area contributed by atoms with Gasteiger partial charge in [-0.3, -0.25) is 14.5 Å². The molecule has 2 amide bonds. The average Bonchev–Trinajstić information content (AvgIpc) is 3.50. The normalized spacial score (nSPS) is 15.2. The van der Waals surface area contributed by atoms with Gasteiger partial charge in [-0.15, -0.1) is 0 Å². The molecule has 11 heteroatoms. The number of fused-ring (bicyclic) bond motifs is 1. The largest absolute Gasteiger partial charge is 0.493 e. The molecule has 3 aromatic carbocycles. The van der Waals surface area contributed by atoms with Crippen molar-refractivity contribution in [2.45, 2.75) is 13.5 Å². The fraction of sp³-hybridized carbons (Fsp3) is 0.179. The maximum atomic E-state index is 13.1. The molecule has 2 aliphatic heterocycles. The molecule has 2 heterocycles. The second-order valence-electron chi connectivity index (χ2n) is 8.62. The highest BCUT2D eigenvalue weighted by molar-refractivity contribution is 8.26. The van der Waals surface area contributed by atoms with E-state index in [9.17, 15) is 9.59 Å². The molecule has 0 aromatic heterocycles. The molecule has 0 aliphatic carbocycles. The van der Waals surface area contributed by atoms with Crippen molar-refractivity contribution in [1.82, 2.24) is 4.90 Å². The van der Waals surface area contributed by atoms with Gasteiger partial charge in [-0.2, -0.15) is 0 Å². The molecule has 2 aliphatic rings. The summed E-state index contributed by atoms with van der Waals surface area (Å²) >= 11 is 12.8. The van der Waals surface area contributed by atoms with Gasteiger partial charge in [-0.25, -0.2) is 0 Å². The molecule has 8 nitrogen and oxygen atoms in total. The molecule has 0 radical (unpaired) electrons. The fourth-order valence-electron chi connectivity index (χ4n) is 3.98. The smallest absolute Gasteiger partial charge is 0.266 e. The third kappa shape index (κ3) is 5.98. The first kappa shape index (κ1) is 26.9. The zero-order chi connectivity index (χ0) is 27.5. The van der Waals surface area contributed by atoms with Crippen molar-refractivity contribution < 1.29 is 28.5 Å². The quantitative estimate of drug-likeness (QED) is 0.263. The van der Waals surface area contributed by atoms with Gasteiger partial charge in [0.1, 0.15) is 4.32 Å². The summed E-state index contributed by atoms with van der Waals surface area (Å²) in [4.78, 5) is 27.6. The minimum Gasteiger partial charge on any atom is -0.493 e. The average molecular weight is 583 g/mol.